The summed E-state index contributed by atoms with van der Waals surface area (Å²) in [7, 11) is 0. The Bertz CT molecular complexity index is 827. The highest BCUT2D eigenvalue weighted by Gasteiger charge is 2.22. The van der Waals surface area contributed by atoms with Gasteiger partial charge >= 0.3 is 0 Å². The number of carbonyl (C=O) groups excluding carboxylic acids is 1. The highest BCUT2D eigenvalue weighted by Crippen LogP contribution is 2.45. The van der Waals surface area contributed by atoms with Crippen LogP contribution in [0.2, 0.25) is 0 Å². The van der Waals surface area contributed by atoms with Gasteiger partial charge < -0.3 is 10.1 Å². The highest BCUT2D eigenvalue weighted by atomic mass is 32.2. The van der Waals surface area contributed by atoms with Gasteiger partial charge in [-0.2, -0.15) is 0 Å². The van der Waals surface area contributed by atoms with E-state index in [1.54, 1.807) is 0 Å². The van der Waals surface area contributed by atoms with E-state index >= 15 is 0 Å². The molecule has 0 spiro atoms. The predicted octanol–water partition coefficient (Wildman–Crippen LogP) is 5.03. The van der Waals surface area contributed by atoms with Crippen LogP contribution >= 0.6 is 23.5 Å². The molecule has 0 radical (unpaired) electrons. The third-order valence-corrected chi connectivity index (χ3v) is 8.26. The van der Waals surface area contributed by atoms with E-state index in [1.807, 2.05) is 47.8 Å². The topological polar surface area (TPSA) is 41.6 Å². The fraction of sp³-hybridized carbons (Fsp3) is 0.435. The molecule has 2 atom stereocenters. The predicted molar refractivity (Wildman–Crippen MR) is 124 cm³/mol. The minimum absolute atomic E-state index is 0.0611. The van der Waals surface area contributed by atoms with Gasteiger partial charge in [-0.05, 0) is 49.2 Å². The summed E-state index contributed by atoms with van der Waals surface area (Å²) in [6.45, 7) is 7.02. The van der Waals surface area contributed by atoms with Crippen molar-refractivity contribution in [2.24, 2.45) is 0 Å². The van der Waals surface area contributed by atoms with Gasteiger partial charge in [0.1, 0.15) is 0 Å². The van der Waals surface area contributed by atoms with Gasteiger partial charge in [0.05, 0.1) is 16.8 Å². The van der Waals surface area contributed by atoms with Crippen molar-refractivity contribution in [2.75, 3.05) is 29.9 Å². The summed E-state index contributed by atoms with van der Waals surface area (Å²) in [5.41, 5.74) is 4.05. The van der Waals surface area contributed by atoms with Crippen LogP contribution in [0.5, 0.6) is 0 Å². The average molecular weight is 429 g/mol. The smallest absolute Gasteiger partial charge is 0.255 e. The first-order valence-corrected chi connectivity index (χ1v) is 12.3. The van der Waals surface area contributed by atoms with Gasteiger partial charge in [-0.15, -0.1) is 23.5 Å². The molecule has 0 saturated carbocycles. The number of ether oxygens (including phenoxy) is 1. The maximum Gasteiger partial charge on any atom is 0.255 e. The Morgan fingerprint density at radius 2 is 1.76 bits per heavy atom. The van der Waals surface area contributed by atoms with Crippen LogP contribution in [0.4, 0.5) is 5.69 Å². The largest absolute Gasteiger partial charge is 0.373 e. The second-order valence-electron chi connectivity index (χ2n) is 7.80. The summed E-state index contributed by atoms with van der Waals surface area (Å²) in [5.74, 6) is 2.33. The molecule has 4 nitrogen and oxygen atoms in total. The molecule has 2 unspecified atom stereocenters. The first-order valence-electron chi connectivity index (χ1n) is 10.2. The molecular weight excluding hydrogens is 400 g/mol. The lowest BCUT2D eigenvalue weighted by atomic mass is 10.1. The Labute approximate surface area is 181 Å². The van der Waals surface area contributed by atoms with Gasteiger partial charge in [0.15, 0.2) is 0 Å². The van der Waals surface area contributed by atoms with Gasteiger partial charge in [0, 0.05) is 42.4 Å². The molecule has 2 fully saturated rings. The first-order chi connectivity index (χ1) is 14.1. The number of anilines is 1. The monoisotopic (exact) mass is 428 g/mol. The van der Waals surface area contributed by atoms with Gasteiger partial charge in [-0.25, -0.2) is 0 Å². The van der Waals surface area contributed by atoms with Crippen LogP contribution in [0.25, 0.3) is 0 Å². The number of rotatable bonds is 5. The quantitative estimate of drug-likeness (QED) is 0.724. The molecule has 0 aromatic heterocycles. The molecule has 1 N–H and O–H groups in total. The van der Waals surface area contributed by atoms with E-state index < -0.39 is 0 Å². The Morgan fingerprint density at radius 3 is 2.45 bits per heavy atom. The first kappa shape index (κ1) is 20.8. The maximum atomic E-state index is 12.7. The van der Waals surface area contributed by atoms with E-state index in [9.17, 15) is 4.79 Å². The number of carbonyl (C=O) groups is 1. The summed E-state index contributed by atoms with van der Waals surface area (Å²) in [6, 6.07) is 16.2. The minimum atomic E-state index is -0.0611. The Kier molecular flexibility index (Phi) is 6.85. The van der Waals surface area contributed by atoms with Gasteiger partial charge in [-0.1, -0.05) is 24.3 Å². The molecule has 154 valence electrons. The van der Waals surface area contributed by atoms with E-state index in [-0.39, 0.29) is 18.1 Å². The number of benzene rings is 2. The van der Waals surface area contributed by atoms with Crippen molar-refractivity contribution in [1.29, 1.82) is 0 Å². The molecule has 0 bridgehead atoms. The summed E-state index contributed by atoms with van der Waals surface area (Å²) in [6.07, 6.45) is 0.529. The maximum absolute atomic E-state index is 12.7. The molecular formula is C23H28N2O2S2. The van der Waals surface area contributed by atoms with Crippen LogP contribution in [0.15, 0.2) is 48.5 Å². The zero-order valence-electron chi connectivity index (χ0n) is 17.0. The molecule has 2 aromatic carbocycles. The van der Waals surface area contributed by atoms with Crippen LogP contribution < -0.4 is 5.32 Å². The van der Waals surface area contributed by atoms with Gasteiger partial charge in [0.25, 0.3) is 5.91 Å². The van der Waals surface area contributed by atoms with Crippen molar-refractivity contribution in [3.63, 3.8) is 0 Å². The van der Waals surface area contributed by atoms with Crippen LogP contribution in [-0.4, -0.2) is 47.6 Å². The van der Waals surface area contributed by atoms with Gasteiger partial charge in [0.2, 0.25) is 0 Å². The molecule has 2 heterocycles. The van der Waals surface area contributed by atoms with E-state index in [4.69, 9.17) is 4.74 Å². The number of hydrogen-bond acceptors (Lipinski definition) is 5. The van der Waals surface area contributed by atoms with Gasteiger partial charge in [-0.3, -0.25) is 9.69 Å². The van der Waals surface area contributed by atoms with Crippen LogP contribution in [0, 0.1) is 0 Å². The fourth-order valence-corrected chi connectivity index (χ4v) is 6.79. The van der Waals surface area contributed by atoms with E-state index in [0.717, 1.165) is 25.3 Å². The van der Waals surface area contributed by atoms with E-state index in [1.165, 1.54) is 22.6 Å². The summed E-state index contributed by atoms with van der Waals surface area (Å²) in [4.78, 5) is 15.1. The number of hydrogen-bond donors (Lipinski definition) is 1. The zero-order valence-corrected chi connectivity index (χ0v) is 18.6. The standard InChI is InChI=1S/C23H28N2O2S2/c1-16-13-25(14-17(2)27-16)15-18-6-8-19(9-7-18)22(26)24-21-5-3-4-20(12-21)23-28-10-11-29-23/h3-9,12,16-17,23H,10-11,13-15H2,1-2H3,(H,24,26). The van der Waals surface area contributed by atoms with Crippen molar-refractivity contribution >= 4 is 35.1 Å². The normalized spacial score (nSPS) is 23.2. The second kappa shape index (κ2) is 9.56. The number of thioether (sulfide) groups is 2. The zero-order chi connectivity index (χ0) is 20.2. The summed E-state index contributed by atoms with van der Waals surface area (Å²) >= 11 is 3.95. The molecule has 29 heavy (non-hydrogen) atoms. The number of amides is 1. The fourth-order valence-electron chi connectivity index (χ4n) is 3.95. The van der Waals surface area contributed by atoms with Crippen molar-refractivity contribution < 1.29 is 9.53 Å². The van der Waals surface area contributed by atoms with E-state index in [0.29, 0.717) is 10.1 Å². The van der Waals surface area contributed by atoms with Crippen molar-refractivity contribution in [2.45, 2.75) is 37.2 Å². The third-order valence-electron chi connectivity index (χ3n) is 5.16. The van der Waals surface area contributed by atoms with Crippen LogP contribution in [-0.2, 0) is 11.3 Å². The number of nitrogens with zero attached hydrogens (tertiary/aromatic N) is 1. The molecule has 1 amide bonds. The van der Waals surface area contributed by atoms with Crippen molar-refractivity contribution in [1.82, 2.24) is 4.90 Å². The lowest BCUT2D eigenvalue weighted by Crippen LogP contribution is -2.44. The second-order valence-corrected chi connectivity index (χ2v) is 10.5. The molecule has 0 aliphatic carbocycles. The molecule has 2 aromatic rings. The summed E-state index contributed by atoms with van der Waals surface area (Å²) < 4.78 is 6.29. The van der Waals surface area contributed by atoms with Crippen LogP contribution in [0.3, 0.4) is 0 Å². The molecule has 4 rings (SSSR count). The highest BCUT2D eigenvalue weighted by molar-refractivity contribution is 8.19. The molecule has 2 aliphatic heterocycles. The van der Waals surface area contributed by atoms with E-state index in [2.05, 4.69) is 48.3 Å². The average Bonchev–Trinajstić information content (AvgIpc) is 3.23. The lowest BCUT2D eigenvalue weighted by Gasteiger charge is -2.35. The lowest BCUT2D eigenvalue weighted by molar-refractivity contribution is -0.0704. The summed E-state index contributed by atoms with van der Waals surface area (Å²) in [5, 5.41) is 3.05. The number of nitrogens with one attached hydrogen (secondary N) is 1. The Morgan fingerprint density at radius 1 is 1.07 bits per heavy atom. The Balaban J connectivity index is 1.36. The Hall–Kier alpha value is -1.47. The van der Waals surface area contributed by atoms with Crippen LogP contribution in [0.1, 0.15) is 39.9 Å². The third kappa shape index (κ3) is 5.57. The minimum Gasteiger partial charge on any atom is -0.373 e. The number of morpholine rings is 1. The molecule has 6 heteroatoms. The van der Waals surface area contributed by atoms with Crippen molar-refractivity contribution in [3.8, 4) is 0 Å². The molecule has 2 aliphatic rings. The van der Waals surface area contributed by atoms with Crippen molar-refractivity contribution in [3.05, 3.63) is 65.2 Å². The molecule has 2 saturated heterocycles. The SMILES string of the molecule is CC1CN(Cc2ccc(C(=O)Nc3cccc(C4SCCS4)c3)cc2)CC(C)O1.